The highest BCUT2D eigenvalue weighted by atomic mass is 32.2. The summed E-state index contributed by atoms with van der Waals surface area (Å²) in [5.74, 6) is 0.252. The Kier molecular flexibility index (Phi) is 4.23. The number of sulfonamides is 1. The van der Waals surface area contributed by atoms with Crippen LogP contribution in [0.4, 0.5) is 11.4 Å². The van der Waals surface area contributed by atoms with Crippen molar-refractivity contribution in [3.63, 3.8) is 0 Å². The summed E-state index contributed by atoms with van der Waals surface area (Å²) < 4.78 is 27.7. The minimum Gasteiger partial charge on any atom is -0.312 e. The molecule has 1 N–H and O–H groups in total. The maximum Gasteiger partial charge on any atom is 0.236 e. The zero-order chi connectivity index (χ0) is 18.3. The van der Waals surface area contributed by atoms with Gasteiger partial charge in [0, 0.05) is 18.2 Å². The molecule has 0 saturated heterocycles. The molecule has 0 unspecified atom stereocenters. The SMILES string of the molecule is Cc1cccc(CS(=O)(=O)Nc2ccc3c(c2)N(C(=O)C2CC2)CC3)c1. The minimum atomic E-state index is -3.52. The van der Waals surface area contributed by atoms with Gasteiger partial charge in [0.05, 0.1) is 11.4 Å². The summed E-state index contributed by atoms with van der Waals surface area (Å²) in [6, 6.07) is 13.0. The molecule has 136 valence electrons. The van der Waals surface area contributed by atoms with Crippen molar-refractivity contribution in [2.75, 3.05) is 16.2 Å². The average Bonchev–Trinajstić information content (AvgIpc) is 3.33. The summed E-state index contributed by atoms with van der Waals surface area (Å²) in [6.45, 7) is 2.62. The van der Waals surface area contributed by atoms with E-state index in [0.717, 1.165) is 41.6 Å². The molecule has 1 amide bonds. The third-order valence-electron chi connectivity index (χ3n) is 4.89. The molecule has 26 heavy (non-hydrogen) atoms. The number of amides is 1. The van der Waals surface area contributed by atoms with E-state index in [-0.39, 0.29) is 17.6 Å². The number of nitrogens with zero attached hydrogens (tertiary/aromatic N) is 1. The van der Waals surface area contributed by atoms with Crippen LogP contribution in [0, 0.1) is 12.8 Å². The van der Waals surface area contributed by atoms with Crippen LogP contribution >= 0.6 is 0 Å². The Morgan fingerprint density at radius 3 is 2.73 bits per heavy atom. The Hall–Kier alpha value is -2.34. The Bertz CT molecular complexity index is 965. The summed E-state index contributed by atoms with van der Waals surface area (Å²) in [5.41, 5.74) is 4.24. The minimum absolute atomic E-state index is 0.0729. The van der Waals surface area contributed by atoms with E-state index in [1.807, 2.05) is 42.2 Å². The van der Waals surface area contributed by atoms with Gasteiger partial charge in [-0.15, -0.1) is 0 Å². The molecule has 1 aliphatic carbocycles. The molecule has 1 fully saturated rings. The predicted octanol–water partition coefficient (Wildman–Crippen LogP) is 3.24. The van der Waals surface area contributed by atoms with Crippen LogP contribution in [0.1, 0.15) is 29.5 Å². The first kappa shape index (κ1) is 17.1. The normalized spacial score (nSPS) is 16.4. The van der Waals surface area contributed by atoms with Crippen LogP contribution in [0.15, 0.2) is 42.5 Å². The number of anilines is 2. The van der Waals surface area contributed by atoms with Crippen LogP contribution in [-0.4, -0.2) is 20.9 Å². The van der Waals surface area contributed by atoms with Crippen molar-refractivity contribution < 1.29 is 13.2 Å². The molecule has 4 rings (SSSR count). The molecular formula is C20H22N2O3S. The standard InChI is InChI=1S/C20H22N2O3S/c1-14-3-2-4-15(11-14)13-26(24,25)21-18-8-7-16-9-10-22(19(16)12-18)20(23)17-5-6-17/h2-4,7-8,11-12,17,21H,5-6,9-10,13H2,1H3. The van der Waals surface area contributed by atoms with Crippen molar-refractivity contribution in [3.05, 3.63) is 59.2 Å². The zero-order valence-electron chi connectivity index (χ0n) is 14.7. The van der Waals surface area contributed by atoms with Gasteiger partial charge in [-0.3, -0.25) is 9.52 Å². The average molecular weight is 370 g/mol. The van der Waals surface area contributed by atoms with Crippen LogP contribution in [-0.2, 0) is 27.0 Å². The van der Waals surface area contributed by atoms with Crippen molar-refractivity contribution in [1.29, 1.82) is 0 Å². The second kappa shape index (κ2) is 6.43. The summed E-state index contributed by atoms with van der Waals surface area (Å²) in [7, 11) is -3.52. The van der Waals surface area contributed by atoms with Gasteiger partial charge in [0.15, 0.2) is 0 Å². The van der Waals surface area contributed by atoms with E-state index < -0.39 is 10.0 Å². The fraction of sp³-hybridized carbons (Fsp3) is 0.350. The maximum atomic E-state index is 12.5. The number of carbonyl (C=O) groups excluding carboxylic acids is 1. The zero-order valence-corrected chi connectivity index (χ0v) is 15.6. The lowest BCUT2D eigenvalue weighted by Gasteiger charge is -2.18. The van der Waals surface area contributed by atoms with Crippen LogP contribution in [0.2, 0.25) is 0 Å². The van der Waals surface area contributed by atoms with Crippen LogP contribution in [0.5, 0.6) is 0 Å². The second-order valence-electron chi connectivity index (χ2n) is 7.21. The lowest BCUT2D eigenvalue weighted by molar-refractivity contribution is -0.119. The largest absolute Gasteiger partial charge is 0.312 e. The topological polar surface area (TPSA) is 66.5 Å². The molecule has 0 spiro atoms. The number of benzene rings is 2. The van der Waals surface area contributed by atoms with Crippen LogP contribution in [0.25, 0.3) is 0 Å². The van der Waals surface area contributed by atoms with Gasteiger partial charge >= 0.3 is 0 Å². The summed E-state index contributed by atoms with van der Waals surface area (Å²) in [4.78, 5) is 14.2. The van der Waals surface area contributed by atoms with E-state index in [9.17, 15) is 13.2 Å². The van der Waals surface area contributed by atoms with Crippen molar-refractivity contribution in [2.24, 2.45) is 5.92 Å². The molecule has 6 heteroatoms. The van der Waals surface area contributed by atoms with Gasteiger partial charge in [-0.2, -0.15) is 0 Å². The molecule has 5 nitrogen and oxygen atoms in total. The number of hydrogen-bond donors (Lipinski definition) is 1. The van der Waals surface area contributed by atoms with Crippen molar-refractivity contribution >= 4 is 27.3 Å². The number of fused-ring (bicyclic) bond motifs is 1. The van der Waals surface area contributed by atoms with Crippen LogP contribution < -0.4 is 9.62 Å². The first-order valence-electron chi connectivity index (χ1n) is 8.92. The summed E-state index contributed by atoms with van der Waals surface area (Å²) in [6.07, 6.45) is 2.76. The van der Waals surface area contributed by atoms with E-state index in [0.29, 0.717) is 12.2 Å². The highest BCUT2D eigenvalue weighted by Crippen LogP contribution is 2.37. The van der Waals surface area contributed by atoms with Gasteiger partial charge in [-0.25, -0.2) is 8.42 Å². The Balaban J connectivity index is 1.53. The van der Waals surface area contributed by atoms with Gasteiger partial charge in [0.1, 0.15) is 0 Å². The third-order valence-corrected chi connectivity index (χ3v) is 6.15. The smallest absolute Gasteiger partial charge is 0.236 e. The first-order valence-corrected chi connectivity index (χ1v) is 10.6. The molecule has 0 bridgehead atoms. The monoisotopic (exact) mass is 370 g/mol. The predicted molar refractivity (Wildman–Crippen MR) is 103 cm³/mol. The number of hydrogen-bond acceptors (Lipinski definition) is 3. The van der Waals surface area contributed by atoms with Gasteiger partial charge in [-0.05, 0) is 49.4 Å². The Labute approximate surface area is 154 Å². The molecular weight excluding hydrogens is 348 g/mol. The number of rotatable bonds is 5. The molecule has 0 aromatic heterocycles. The fourth-order valence-corrected chi connectivity index (χ4v) is 4.64. The van der Waals surface area contributed by atoms with Gasteiger partial charge in [0.25, 0.3) is 0 Å². The third kappa shape index (κ3) is 3.60. The summed E-state index contributed by atoms with van der Waals surface area (Å²) >= 11 is 0. The molecule has 2 aliphatic rings. The van der Waals surface area contributed by atoms with Crippen molar-refractivity contribution in [1.82, 2.24) is 0 Å². The highest BCUT2D eigenvalue weighted by molar-refractivity contribution is 7.91. The number of aryl methyl sites for hydroxylation is 1. The summed E-state index contributed by atoms with van der Waals surface area (Å²) in [5, 5.41) is 0. The fourth-order valence-electron chi connectivity index (χ4n) is 3.46. The van der Waals surface area contributed by atoms with E-state index in [1.54, 1.807) is 12.1 Å². The molecule has 1 aliphatic heterocycles. The molecule has 1 saturated carbocycles. The maximum absolute atomic E-state index is 12.5. The molecule has 2 aromatic carbocycles. The quantitative estimate of drug-likeness (QED) is 0.879. The lowest BCUT2D eigenvalue weighted by Crippen LogP contribution is -2.30. The number of nitrogens with one attached hydrogen (secondary N) is 1. The van der Waals surface area contributed by atoms with E-state index >= 15 is 0 Å². The second-order valence-corrected chi connectivity index (χ2v) is 8.93. The lowest BCUT2D eigenvalue weighted by atomic mass is 10.1. The first-order chi connectivity index (χ1) is 12.4. The Morgan fingerprint density at radius 2 is 2.00 bits per heavy atom. The van der Waals surface area contributed by atoms with Crippen molar-refractivity contribution in [3.8, 4) is 0 Å². The molecule has 0 radical (unpaired) electrons. The van der Waals surface area contributed by atoms with Gasteiger partial charge < -0.3 is 4.90 Å². The van der Waals surface area contributed by atoms with Gasteiger partial charge in [-0.1, -0.05) is 35.9 Å². The molecule has 1 heterocycles. The van der Waals surface area contributed by atoms with Crippen molar-refractivity contribution in [2.45, 2.75) is 31.9 Å². The van der Waals surface area contributed by atoms with Gasteiger partial charge in [0.2, 0.25) is 15.9 Å². The van der Waals surface area contributed by atoms with Crippen LogP contribution in [0.3, 0.4) is 0 Å². The molecule has 2 aromatic rings. The van der Waals surface area contributed by atoms with E-state index in [1.165, 1.54) is 0 Å². The van der Waals surface area contributed by atoms with E-state index in [2.05, 4.69) is 4.72 Å². The number of carbonyl (C=O) groups is 1. The molecule has 0 atom stereocenters. The Morgan fingerprint density at radius 1 is 1.19 bits per heavy atom. The highest BCUT2D eigenvalue weighted by Gasteiger charge is 2.36. The van der Waals surface area contributed by atoms with E-state index in [4.69, 9.17) is 0 Å².